The molecule has 2 aromatic rings. The molecule has 4 heteroatoms. The van der Waals surface area contributed by atoms with E-state index in [2.05, 4.69) is 62.1 Å². The SMILES string of the molecule is COC(=O)C1CCCCN(Cc2ccc3c(O[C@H]4CC[C@H](C(C)(C)C)CC4)cccc3c2)CC1. The van der Waals surface area contributed by atoms with E-state index in [1.165, 1.54) is 36.3 Å². The first-order valence-corrected chi connectivity index (χ1v) is 13.3. The number of carbonyl (C=O) groups is 1. The van der Waals surface area contributed by atoms with E-state index in [9.17, 15) is 4.79 Å². The zero-order valence-electron chi connectivity index (χ0n) is 21.6. The first-order chi connectivity index (χ1) is 16.3. The normalized spacial score (nSPS) is 24.9. The third kappa shape index (κ3) is 6.33. The Morgan fingerprint density at radius 1 is 0.971 bits per heavy atom. The van der Waals surface area contributed by atoms with Crippen molar-refractivity contribution in [1.82, 2.24) is 4.90 Å². The van der Waals surface area contributed by atoms with Crippen LogP contribution in [-0.4, -0.2) is 37.2 Å². The second-order valence-electron chi connectivity index (χ2n) is 11.5. The second-order valence-corrected chi connectivity index (χ2v) is 11.5. The summed E-state index contributed by atoms with van der Waals surface area (Å²) in [5, 5.41) is 2.46. The lowest BCUT2D eigenvalue weighted by atomic mass is 9.72. The van der Waals surface area contributed by atoms with Gasteiger partial charge in [-0.3, -0.25) is 9.69 Å². The fourth-order valence-electron chi connectivity index (χ4n) is 5.87. The zero-order valence-corrected chi connectivity index (χ0v) is 21.6. The lowest BCUT2D eigenvalue weighted by molar-refractivity contribution is -0.146. The summed E-state index contributed by atoms with van der Waals surface area (Å²) in [5.41, 5.74) is 1.72. The van der Waals surface area contributed by atoms with Crippen LogP contribution < -0.4 is 4.74 Å². The Hall–Kier alpha value is -2.07. The molecule has 1 unspecified atom stereocenters. The number of esters is 1. The molecule has 2 fully saturated rings. The maximum Gasteiger partial charge on any atom is 0.308 e. The topological polar surface area (TPSA) is 38.8 Å². The third-order valence-electron chi connectivity index (χ3n) is 8.11. The van der Waals surface area contributed by atoms with Crippen LogP contribution in [0.5, 0.6) is 5.75 Å². The van der Waals surface area contributed by atoms with E-state index < -0.39 is 0 Å². The molecular weight excluding hydrogens is 422 g/mol. The maximum atomic E-state index is 12.0. The minimum atomic E-state index is -0.0491. The summed E-state index contributed by atoms with van der Waals surface area (Å²) >= 11 is 0. The quantitative estimate of drug-likeness (QED) is 0.446. The smallest absolute Gasteiger partial charge is 0.308 e. The average Bonchev–Trinajstić information content (AvgIpc) is 2.80. The van der Waals surface area contributed by atoms with Crippen LogP contribution in [0.15, 0.2) is 36.4 Å². The van der Waals surface area contributed by atoms with Gasteiger partial charge in [-0.25, -0.2) is 0 Å². The highest BCUT2D eigenvalue weighted by Gasteiger charge is 2.30. The van der Waals surface area contributed by atoms with Gasteiger partial charge in [-0.1, -0.05) is 51.5 Å². The molecule has 0 aromatic heterocycles. The molecule has 2 aromatic carbocycles. The van der Waals surface area contributed by atoms with E-state index in [0.717, 1.165) is 69.8 Å². The van der Waals surface area contributed by atoms with Crippen molar-refractivity contribution in [3.63, 3.8) is 0 Å². The first-order valence-electron chi connectivity index (χ1n) is 13.3. The largest absolute Gasteiger partial charge is 0.490 e. The molecule has 1 saturated carbocycles. The Labute approximate surface area is 206 Å². The molecule has 186 valence electrons. The summed E-state index contributed by atoms with van der Waals surface area (Å²) in [6, 6.07) is 13.3. The van der Waals surface area contributed by atoms with Crippen molar-refractivity contribution >= 4 is 16.7 Å². The molecule has 1 atom stereocenters. The van der Waals surface area contributed by atoms with Crippen molar-refractivity contribution in [2.45, 2.75) is 84.8 Å². The fourth-order valence-corrected chi connectivity index (χ4v) is 5.87. The molecule has 1 aliphatic heterocycles. The lowest BCUT2D eigenvalue weighted by Gasteiger charge is -2.37. The third-order valence-corrected chi connectivity index (χ3v) is 8.11. The lowest BCUT2D eigenvalue weighted by Crippen LogP contribution is -2.31. The molecule has 2 aliphatic rings. The van der Waals surface area contributed by atoms with Crippen LogP contribution in [0, 0.1) is 17.3 Å². The predicted octanol–water partition coefficient (Wildman–Crippen LogP) is 6.99. The molecular formula is C30H43NO3. The van der Waals surface area contributed by atoms with Gasteiger partial charge < -0.3 is 9.47 Å². The van der Waals surface area contributed by atoms with Gasteiger partial charge in [-0.15, -0.1) is 0 Å². The van der Waals surface area contributed by atoms with E-state index in [1.807, 2.05) is 0 Å². The van der Waals surface area contributed by atoms with Crippen LogP contribution in [0.4, 0.5) is 0 Å². The molecule has 1 saturated heterocycles. The molecule has 0 spiro atoms. The monoisotopic (exact) mass is 465 g/mol. The Balaban J connectivity index is 1.39. The number of ether oxygens (including phenoxy) is 2. The summed E-state index contributed by atoms with van der Waals surface area (Å²) in [7, 11) is 1.50. The Morgan fingerprint density at radius 3 is 2.50 bits per heavy atom. The predicted molar refractivity (Wildman–Crippen MR) is 139 cm³/mol. The Morgan fingerprint density at radius 2 is 1.76 bits per heavy atom. The van der Waals surface area contributed by atoms with Crippen molar-refractivity contribution in [2.24, 2.45) is 17.3 Å². The van der Waals surface area contributed by atoms with E-state index in [0.29, 0.717) is 11.5 Å². The summed E-state index contributed by atoms with van der Waals surface area (Å²) in [4.78, 5) is 14.5. The van der Waals surface area contributed by atoms with E-state index in [4.69, 9.17) is 9.47 Å². The number of methoxy groups -OCH3 is 1. The van der Waals surface area contributed by atoms with Crippen molar-refractivity contribution in [1.29, 1.82) is 0 Å². The Bertz CT molecular complexity index is 955. The number of likely N-dealkylation sites (tertiary alicyclic amines) is 1. The molecule has 1 aliphatic carbocycles. The number of nitrogens with zero attached hydrogens (tertiary/aromatic N) is 1. The summed E-state index contributed by atoms with van der Waals surface area (Å²) in [6.07, 6.45) is 9.21. The van der Waals surface area contributed by atoms with Crippen LogP contribution in [0.1, 0.15) is 77.7 Å². The molecule has 4 rings (SSSR count). The maximum absolute atomic E-state index is 12.0. The van der Waals surface area contributed by atoms with Gasteiger partial charge in [0.15, 0.2) is 0 Å². The van der Waals surface area contributed by atoms with Crippen molar-refractivity contribution in [2.75, 3.05) is 20.2 Å². The van der Waals surface area contributed by atoms with Gasteiger partial charge >= 0.3 is 5.97 Å². The second kappa shape index (κ2) is 11.1. The number of carbonyl (C=O) groups excluding carboxylic acids is 1. The van der Waals surface area contributed by atoms with E-state index in [-0.39, 0.29) is 11.9 Å². The number of fused-ring (bicyclic) bond motifs is 1. The fraction of sp³-hybridized carbons (Fsp3) is 0.633. The van der Waals surface area contributed by atoms with Gasteiger partial charge in [0.05, 0.1) is 19.1 Å². The van der Waals surface area contributed by atoms with Crippen molar-refractivity contribution in [3.8, 4) is 5.75 Å². The van der Waals surface area contributed by atoms with Gasteiger partial charge in [-0.2, -0.15) is 0 Å². The molecule has 1 heterocycles. The average molecular weight is 466 g/mol. The Kier molecular flexibility index (Phi) is 8.18. The number of benzene rings is 2. The van der Waals surface area contributed by atoms with Crippen LogP contribution >= 0.6 is 0 Å². The first kappa shape index (κ1) is 25.0. The van der Waals surface area contributed by atoms with Gasteiger partial charge in [0.2, 0.25) is 0 Å². The summed E-state index contributed by atoms with van der Waals surface area (Å²) < 4.78 is 11.5. The minimum absolute atomic E-state index is 0.0441. The number of hydrogen-bond donors (Lipinski definition) is 0. The molecule has 0 amide bonds. The highest BCUT2D eigenvalue weighted by molar-refractivity contribution is 5.88. The van der Waals surface area contributed by atoms with E-state index in [1.54, 1.807) is 0 Å². The van der Waals surface area contributed by atoms with Crippen molar-refractivity contribution in [3.05, 3.63) is 42.0 Å². The standard InChI is InChI=1S/C30H43NO3/c1-30(2,3)25-12-14-26(15-13-25)34-28-10-7-9-24-20-22(11-16-27(24)28)21-31-18-6-5-8-23(17-19-31)29(32)33-4/h7,9-11,16,20,23,25-26H,5-6,8,12-15,17-19,21H2,1-4H3/t23?,25-,26-. The molecule has 0 bridgehead atoms. The van der Waals surface area contributed by atoms with Crippen LogP contribution in [0.25, 0.3) is 10.8 Å². The van der Waals surface area contributed by atoms with Crippen molar-refractivity contribution < 1.29 is 14.3 Å². The molecule has 0 radical (unpaired) electrons. The van der Waals surface area contributed by atoms with Crippen LogP contribution in [0.2, 0.25) is 0 Å². The molecule has 34 heavy (non-hydrogen) atoms. The van der Waals surface area contributed by atoms with Crippen LogP contribution in [-0.2, 0) is 16.1 Å². The summed E-state index contributed by atoms with van der Waals surface area (Å²) in [5.74, 6) is 1.82. The number of hydrogen-bond acceptors (Lipinski definition) is 4. The summed E-state index contributed by atoms with van der Waals surface area (Å²) in [6.45, 7) is 10.1. The van der Waals surface area contributed by atoms with Gasteiger partial charge in [0.25, 0.3) is 0 Å². The highest BCUT2D eigenvalue weighted by Crippen LogP contribution is 2.39. The molecule has 4 nitrogen and oxygen atoms in total. The van der Waals surface area contributed by atoms with Gasteiger partial charge in [0, 0.05) is 11.9 Å². The van der Waals surface area contributed by atoms with Crippen LogP contribution in [0.3, 0.4) is 0 Å². The minimum Gasteiger partial charge on any atom is -0.490 e. The van der Waals surface area contributed by atoms with E-state index >= 15 is 0 Å². The van der Waals surface area contributed by atoms with Gasteiger partial charge in [-0.05, 0) is 92.5 Å². The van der Waals surface area contributed by atoms with Gasteiger partial charge in [0.1, 0.15) is 5.75 Å². The number of rotatable bonds is 5. The zero-order chi connectivity index (χ0) is 24.1. The molecule has 0 N–H and O–H groups in total. The highest BCUT2D eigenvalue weighted by atomic mass is 16.5.